The Morgan fingerprint density at radius 1 is 1.04 bits per heavy atom. The normalized spacial score (nSPS) is 22.0. The molecule has 0 aliphatic carbocycles. The van der Waals surface area contributed by atoms with Crippen molar-refractivity contribution in [2.24, 2.45) is 0 Å². The molecule has 0 saturated carbocycles. The molecule has 4 heterocycles. The van der Waals surface area contributed by atoms with Gasteiger partial charge in [-0.05, 0) is 38.1 Å². The van der Waals surface area contributed by atoms with Crippen molar-refractivity contribution in [3.63, 3.8) is 0 Å². The number of likely N-dealkylation sites (tertiary alicyclic amines) is 1. The van der Waals surface area contributed by atoms with Crippen LogP contribution in [0, 0.1) is 18.6 Å². The number of rotatable bonds is 8. The Hall–Kier alpha value is -4.04. The number of methoxy groups -OCH3 is 1. The van der Waals surface area contributed by atoms with Crippen molar-refractivity contribution in [2.75, 3.05) is 72.5 Å². The average Bonchev–Trinajstić information content (AvgIpc) is 3.71. The largest absolute Gasteiger partial charge is 0.386 e. The highest BCUT2D eigenvalue weighted by Gasteiger charge is 2.48. The number of aromatic nitrogens is 2. The summed E-state index contributed by atoms with van der Waals surface area (Å²) in [5.74, 6) is -2.22. The highest BCUT2D eigenvalue weighted by Crippen LogP contribution is 2.38. The zero-order chi connectivity index (χ0) is 36.1. The van der Waals surface area contributed by atoms with Crippen LogP contribution >= 0.6 is 11.6 Å². The van der Waals surface area contributed by atoms with Gasteiger partial charge < -0.3 is 33.9 Å². The molecule has 2 amide bonds. The maximum absolute atomic E-state index is 15.7. The zero-order valence-corrected chi connectivity index (χ0v) is 30.1. The third-order valence-corrected chi connectivity index (χ3v) is 10.8. The summed E-state index contributed by atoms with van der Waals surface area (Å²) in [7, 11) is 7.32. The molecule has 3 aromatic rings. The summed E-state index contributed by atoms with van der Waals surface area (Å²) in [5.41, 5.74) is 2.87. The van der Waals surface area contributed by atoms with Gasteiger partial charge in [0, 0.05) is 81.5 Å². The molecule has 3 aliphatic heterocycles. The summed E-state index contributed by atoms with van der Waals surface area (Å²) in [6, 6.07) is 7.82. The minimum atomic E-state index is -0.957. The number of aryl methyl sites for hydroxylation is 1. The first-order valence-corrected chi connectivity index (χ1v) is 17.2. The Morgan fingerprint density at radius 3 is 2.34 bits per heavy atom. The molecule has 268 valence electrons. The van der Waals surface area contributed by atoms with E-state index in [4.69, 9.17) is 16.3 Å². The van der Waals surface area contributed by atoms with Crippen LogP contribution in [0.5, 0.6) is 0 Å². The molecule has 2 fully saturated rings. The van der Waals surface area contributed by atoms with Crippen LogP contribution in [0.25, 0.3) is 16.8 Å². The molecule has 2 aromatic carbocycles. The van der Waals surface area contributed by atoms with E-state index in [2.05, 4.69) is 5.10 Å². The quantitative estimate of drug-likeness (QED) is 0.353. The maximum Gasteiger partial charge on any atom is 0.283 e. The standard InChI is InChI=1S/C36H45ClF2N7O4/c1-22-28(20-44(40-22)16-18-50-6)25-9-10-27(33(39)32(25)38)30-21-45(23(2)41(30)3)24-7-8-26(29(37)19-24)35(48)42-12-14-43(15-13-42)36(49)34-31(47)11-17-46(34,4)5/h7-10,19-21,23,31,34,47H,11-18H2,1-6H3/q+1/t23?,31-,34-/m0/s1. The summed E-state index contributed by atoms with van der Waals surface area (Å²) in [6.07, 6.45) is 3.10. The number of benzene rings is 2. The molecule has 0 radical (unpaired) electrons. The van der Waals surface area contributed by atoms with Gasteiger partial charge in [0.2, 0.25) is 0 Å². The number of hydrogen-bond acceptors (Lipinski definition) is 7. The topological polar surface area (TPSA) is 94.4 Å². The lowest BCUT2D eigenvalue weighted by molar-refractivity contribution is -0.895. The van der Waals surface area contributed by atoms with Gasteiger partial charge in [-0.1, -0.05) is 17.7 Å². The van der Waals surface area contributed by atoms with E-state index in [1.165, 1.54) is 0 Å². The van der Waals surface area contributed by atoms with Gasteiger partial charge in [-0.25, -0.2) is 8.78 Å². The van der Waals surface area contributed by atoms with Gasteiger partial charge in [0.15, 0.2) is 17.7 Å². The van der Waals surface area contributed by atoms with Crippen LogP contribution in [0.4, 0.5) is 14.5 Å². The van der Waals surface area contributed by atoms with E-state index >= 15 is 8.78 Å². The van der Waals surface area contributed by atoms with Crippen molar-refractivity contribution >= 4 is 34.8 Å². The highest BCUT2D eigenvalue weighted by atomic mass is 35.5. The molecule has 1 unspecified atom stereocenters. The zero-order valence-electron chi connectivity index (χ0n) is 29.4. The Bertz CT molecular complexity index is 1820. The Balaban J connectivity index is 1.16. The van der Waals surface area contributed by atoms with Gasteiger partial charge in [0.05, 0.1) is 55.8 Å². The third kappa shape index (κ3) is 6.47. The maximum atomic E-state index is 15.7. The second-order valence-corrected chi connectivity index (χ2v) is 14.3. The molecule has 1 N–H and O–H groups in total. The summed E-state index contributed by atoms with van der Waals surface area (Å²) in [6.45, 7) is 6.84. The fraction of sp³-hybridized carbons (Fsp3) is 0.472. The Labute approximate surface area is 296 Å². The molecule has 14 heteroatoms. The third-order valence-electron chi connectivity index (χ3n) is 10.5. The molecule has 0 bridgehead atoms. The molecule has 3 atom stereocenters. The first-order chi connectivity index (χ1) is 23.7. The SMILES string of the molecule is COCCn1cc(-c2ccc(C3=CN(c4ccc(C(=O)N5CCN(C(=O)[C@@H]6[C@@H](O)CC[N+]6(C)C)CC5)c(Cl)c4)C(C)N3C)c(F)c2F)c(C)n1. The van der Waals surface area contributed by atoms with E-state index in [1.54, 1.807) is 71.2 Å². The van der Waals surface area contributed by atoms with Crippen LogP contribution in [-0.2, 0) is 16.1 Å². The molecule has 0 spiro atoms. The molecule has 11 nitrogen and oxygen atoms in total. The number of halogens is 3. The lowest BCUT2D eigenvalue weighted by Gasteiger charge is -2.39. The number of carbonyl (C=O) groups is 2. The van der Waals surface area contributed by atoms with E-state index in [1.807, 2.05) is 37.9 Å². The molecular weight excluding hydrogens is 668 g/mol. The molecule has 1 aromatic heterocycles. The van der Waals surface area contributed by atoms with E-state index in [-0.39, 0.29) is 34.1 Å². The molecule has 6 rings (SSSR count). The summed E-state index contributed by atoms with van der Waals surface area (Å²) < 4.78 is 38.6. The van der Waals surface area contributed by atoms with E-state index < -0.39 is 23.8 Å². The number of aliphatic hydroxyl groups is 1. The minimum Gasteiger partial charge on any atom is -0.386 e. The first kappa shape index (κ1) is 35.8. The highest BCUT2D eigenvalue weighted by molar-refractivity contribution is 6.34. The minimum absolute atomic E-state index is 0.0778. The lowest BCUT2D eigenvalue weighted by atomic mass is 10.0. The van der Waals surface area contributed by atoms with Crippen LogP contribution in [0.2, 0.25) is 5.02 Å². The lowest BCUT2D eigenvalue weighted by Crippen LogP contribution is -2.60. The second kappa shape index (κ2) is 13.9. The fourth-order valence-electron chi connectivity index (χ4n) is 7.32. The van der Waals surface area contributed by atoms with Gasteiger partial charge in [0.25, 0.3) is 11.8 Å². The number of piperazine rings is 1. The number of anilines is 1. The van der Waals surface area contributed by atoms with Crippen LogP contribution < -0.4 is 4.90 Å². The van der Waals surface area contributed by atoms with Crippen molar-refractivity contribution in [3.8, 4) is 11.1 Å². The van der Waals surface area contributed by atoms with Crippen molar-refractivity contribution < 1.29 is 32.7 Å². The number of carbonyl (C=O) groups excluding carboxylic acids is 2. The van der Waals surface area contributed by atoms with E-state index in [9.17, 15) is 14.7 Å². The summed E-state index contributed by atoms with van der Waals surface area (Å²) >= 11 is 6.71. The monoisotopic (exact) mass is 712 g/mol. The van der Waals surface area contributed by atoms with E-state index in [0.29, 0.717) is 78.4 Å². The van der Waals surface area contributed by atoms with Crippen molar-refractivity contribution in [2.45, 2.75) is 45.1 Å². The van der Waals surface area contributed by atoms with Crippen LogP contribution in [0.3, 0.4) is 0 Å². The van der Waals surface area contributed by atoms with Crippen LogP contribution in [0.15, 0.2) is 42.7 Å². The van der Waals surface area contributed by atoms with Gasteiger partial charge in [-0.15, -0.1) is 0 Å². The van der Waals surface area contributed by atoms with Crippen molar-refractivity contribution in [1.82, 2.24) is 24.5 Å². The molecule has 2 saturated heterocycles. The number of ether oxygens (including phenoxy) is 1. The van der Waals surface area contributed by atoms with Gasteiger partial charge in [-0.2, -0.15) is 5.10 Å². The predicted octanol–water partition coefficient (Wildman–Crippen LogP) is 4.03. The van der Waals surface area contributed by atoms with Gasteiger partial charge in [0.1, 0.15) is 12.3 Å². The number of amides is 2. The fourth-order valence-corrected chi connectivity index (χ4v) is 7.58. The number of quaternary nitrogens is 1. The van der Waals surface area contributed by atoms with Crippen molar-refractivity contribution in [1.29, 1.82) is 0 Å². The Kier molecular flexibility index (Phi) is 9.97. The second-order valence-electron chi connectivity index (χ2n) is 13.9. The summed E-state index contributed by atoms with van der Waals surface area (Å²) in [5, 5.41) is 15.1. The van der Waals surface area contributed by atoms with Gasteiger partial charge >= 0.3 is 0 Å². The van der Waals surface area contributed by atoms with Crippen molar-refractivity contribution in [3.05, 3.63) is 76.2 Å². The average molecular weight is 713 g/mol. The first-order valence-electron chi connectivity index (χ1n) is 16.9. The Morgan fingerprint density at radius 2 is 1.70 bits per heavy atom. The summed E-state index contributed by atoms with van der Waals surface area (Å²) in [4.78, 5) is 34.0. The molecule has 50 heavy (non-hydrogen) atoms. The number of likely N-dealkylation sites (N-methyl/N-ethyl adjacent to an activating group) is 1. The predicted molar refractivity (Wildman–Crippen MR) is 187 cm³/mol. The molecular formula is C36H45ClF2N7O4+. The smallest absolute Gasteiger partial charge is 0.283 e. The van der Waals surface area contributed by atoms with Gasteiger partial charge in [-0.3, -0.25) is 14.3 Å². The number of hydrogen-bond donors (Lipinski definition) is 1. The number of nitrogens with zero attached hydrogens (tertiary/aromatic N) is 7. The molecule has 3 aliphatic rings. The number of aliphatic hydroxyl groups excluding tert-OH is 1. The van der Waals surface area contributed by atoms with Crippen LogP contribution in [-0.4, -0.2) is 132 Å². The van der Waals surface area contributed by atoms with E-state index in [0.717, 1.165) is 6.54 Å². The van der Waals surface area contributed by atoms with Crippen LogP contribution in [0.1, 0.15) is 35.0 Å².